The summed E-state index contributed by atoms with van der Waals surface area (Å²) in [4.78, 5) is 9.02. The maximum atomic E-state index is 5.49. The lowest BCUT2D eigenvalue weighted by atomic mass is 10.0. The molecule has 1 N–H and O–H groups in total. The summed E-state index contributed by atoms with van der Waals surface area (Å²) < 4.78 is 5.49. The number of hydrogen-bond acceptors (Lipinski definition) is 6. The second-order valence-electron chi connectivity index (χ2n) is 5.84. The van der Waals surface area contributed by atoms with Crippen LogP contribution < -0.4 is 5.32 Å². The van der Waals surface area contributed by atoms with Crippen LogP contribution in [0, 0.1) is 5.92 Å². The van der Waals surface area contributed by atoms with E-state index in [0.29, 0.717) is 11.8 Å². The summed E-state index contributed by atoms with van der Waals surface area (Å²) in [7, 11) is 6.19. The lowest BCUT2D eigenvalue weighted by Crippen LogP contribution is -2.44. The van der Waals surface area contributed by atoms with Gasteiger partial charge in [0.15, 0.2) is 5.82 Å². The Morgan fingerprint density at radius 3 is 2.74 bits per heavy atom. The lowest BCUT2D eigenvalue weighted by molar-refractivity contribution is 0.178. The molecular weight excluding hydrogens is 242 g/mol. The monoisotopic (exact) mass is 267 g/mol. The van der Waals surface area contributed by atoms with Crippen molar-refractivity contribution in [3.8, 4) is 0 Å². The van der Waals surface area contributed by atoms with Gasteiger partial charge >= 0.3 is 0 Å². The molecule has 0 aliphatic carbocycles. The Morgan fingerprint density at radius 1 is 1.42 bits per heavy atom. The lowest BCUT2D eigenvalue weighted by Gasteiger charge is -2.30. The van der Waals surface area contributed by atoms with Crippen LogP contribution in [0.1, 0.15) is 37.6 Å². The molecule has 1 aliphatic rings. The molecule has 0 radical (unpaired) electrons. The summed E-state index contributed by atoms with van der Waals surface area (Å²) in [5.74, 6) is 1.94. The number of nitrogens with one attached hydrogen (secondary N) is 1. The first-order valence-corrected chi connectivity index (χ1v) is 6.91. The highest BCUT2D eigenvalue weighted by atomic mass is 16.5. The van der Waals surface area contributed by atoms with Gasteiger partial charge in [0.25, 0.3) is 0 Å². The fraction of sp³-hybridized carbons (Fsp3) is 0.846. The predicted octanol–water partition coefficient (Wildman–Crippen LogP) is 0.904. The first kappa shape index (κ1) is 14.4. The molecule has 6 nitrogen and oxygen atoms in total. The number of piperazine rings is 1. The molecule has 6 heteroatoms. The molecule has 0 amide bonds. The van der Waals surface area contributed by atoms with Crippen LogP contribution in [0.4, 0.5) is 0 Å². The molecule has 108 valence electrons. The molecular formula is C13H25N5O. The Morgan fingerprint density at radius 2 is 2.16 bits per heavy atom. The number of hydrogen-bond donors (Lipinski definition) is 1. The average Bonchev–Trinajstić information content (AvgIpc) is 2.77. The predicted molar refractivity (Wildman–Crippen MR) is 73.8 cm³/mol. The number of rotatable bonds is 4. The molecule has 0 bridgehead atoms. The zero-order valence-electron chi connectivity index (χ0n) is 12.6. The number of aromatic nitrogens is 2. The molecule has 0 spiro atoms. The Bertz CT molecular complexity index is 395. The van der Waals surface area contributed by atoms with Gasteiger partial charge in [-0.1, -0.05) is 19.0 Å². The SMILES string of the molecule is CC(C)[C@@H](c1nc(C2CNCCN2C)no1)N(C)C. The van der Waals surface area contributed by atoms with Crippen molar-refractivity contribution in [2.24, 2.45) is 5.92 Å². The summed E-state index contributed by atoms with van der Waals surface area (Å²) in [5.41, 5.74) is 0. The second-order valence-corrected chi connectivity index (χ2v) is 5.84. The van der Waals surface area contributed by atoms with Crippen molar-refractivity contribution in [1.82, 2.24) is 25.3 Å². The minimum absolute atomic E-state index is 0.170. The zero-order chi connectivity index (χ0) is 14.0. The minimum Gasteiger partial charge on any atom is -0.338 e. The largest absolute Gasteiger partial charge is 0.338 e. The van der Waals surface area contributed by atoms with Crippen molar-refractivity contribution in [3.05, 3.63) is 11.7 Å². The molecule has 19 heavy (non-hydrogen) atoms. The Labute approximate surface area is 115 Å². The minimum atomic E-state index is 0.170. The summed E-state index contributed by atoms with van der Waals surface area (Å²) in [6.07, 6.45) is 0. The van der Waals surface area contributed by atoms with Gasteiger partial charge in [0.05, 0.1) is 12.1 Å². The van der Waals surface area contributed by atoms with Gasteiger partial charge in [-0.05, 0) is 27.1 Å². The van der Waals surface area contributed by atoms with Gasteiger partial charge in [-0.2, -0.15) is 4.98 Å². The van der Waals surface area contributed by atoms with Crippen LogP contribution in [0.2, 0.25) is 0 Å². The third-order valence-electron chi connectivity index (χ3n) is 3.71. The third-order valence-corrected chi connectivity index (χ3v) is 3.71. The van der Waals surface area contributed by atoms with Crippen LogP contribution in [-0.2, 0) is 0 Å². The standard InChI is InChI=1S/C13H25N5O/c1-9(2)11(17(3)4)13-15-12(16-19-13)10-8-14-6-7-18(10)5/h9-11,14H,6-8H2,1-5H3/t10?,11-/m0/s1. The summed E-state index contributed by atoms with van der Waals surface area (Å²) in [6, 6.07) is 0.379. The van der Waals surface area contributed by atoms with Crippen molar-refractivity contribution >= 4 is 0 Å². The molecule has 1 aromatic rings. The van der Waals surface area contributed by atoms with E-state index in [0.717, 1.165) is 25.5 Å². The highest BCUT2D eigenvalue weighted by Gasteiger charge is 2.29. The molecule has 1 aliphatic heterocycles. The Balaban J connectivity index is 2.17. The zero-order valence-corrected chi connectivity index (χ0v) is 12.6. The maximum absolute atomic E-state index is 5.49. The molecule has 2 heterocycles. The smallest absolute Gasteiger partial charge is 0.244 e. The van der Waals surface area contributed by atoms with E-state index >= 15 is 0 Å². The summed E-state index contributed by atoms with van der Waals surface area (Å²) in [6.45, 7) is 7.25. The van der Waals surface area contributed by atoms with E-state index in [1.54, 1.807) is 0 Å². The molecule has 2 rings (SSSR count). The van der Waals surface area contributed by atoms with Crippen LogP contribution >= 0.6 is 0 Å². The van der Waals surface area contributed by atoms with Gasteiger partial charge in [0, 0.05) is 19.6 Å². The van der Waals surface area contributed by atoms with Crippen molar-refractivity contribution in [2.75, 3.05) is 40.8 Å². The summed E-state index contributed by atoms with van der Waals surface area (Å²) >= 11 is 0. The van der Waals surface area contributed by atoms with Gasteiger partial charge < -0.3 is 9.84 Å². The van der Waals surface area contributed by atoms with E-state index < -0.39 is 0 Å². The highest BCUT2D eigenvalue weighted by Crippen LogP contribution is 2.27. The van der Waals surface area contributed by atoms with Crippen LogP contribution in [0.3, 0.4) is 0 Å². The molecule has 2 atom stereocenters. The maximum Gasteiger partial charge on any atom is 0.244 e. The van der Waals surface area contributed by atoms with Crippen molar-refractivity contribution in [2.45, 2.75) is 25.9 Å². The Kier molecular flexibility index (Phi) is 4.54. The third kappa shape index (κ3) is 3.13. The molecule has 0 saturated carbocycles. The fourth-order valence-corrected chi connectivity index (χ4v) is 2.70. The van der Waals surface area contributed by atoms with E-state index in [1.165, 1.54) is 0 Å². The van der Waals surface area contributed by atoms with E-state index in [4.69, 9.17) is 4.52 Å². The van der Waals surface area contributed by atoms with Gasteiger partial charge in [0.1, 0.15) is 0 Å². The van der Waals surface area contributed by atoms with E-state index in [-0.39, 0.29) is 12.1 Å². The topological polar surface area (TPSA) is 57.4 Å². The van der Waals surface area contributed by atoms with E-state index in [2.05, 4.69) is 46.2 Å². The van der Waals surface area contributed by atoms with Crippen LogP contribution in [-0.4, -0.2) is 60.7 Å². The first-order valence-electron chi connectivity index (χ1n) is 6.91. The van der Waals surface area contributed by atoms with E-state index in [1.807, 2.05) is 14.1 Å². The fourth-order valence-electron chi connectivity index (χ4n) is 2.70. The van der Waals surface area contributed by atoms with Crippen molar-refractivity contribution in [3.63, 3.8) is 0 Å². The Hall–Kier alpha value is -0.980. The average molecular weight is 267 g/mol. The van der Waals surface area contributed by atoms with Gasteiger partial charge in [-0.25, -0.2) is 0 Å². The highest BCUT2D eigenvalue weighted by molar-refractivity contribution is 5.01. The molecule has 1 unspecified atom stereocenters. The van der Waals surface area contributed by atoms with Crippen LogP contribution in [0.15, 0.2) is 4.52 Å². The van der Waals surface area contributed by atoms with Gasteiger partial charge in [-0.15, -0.1) is 0 Å². The number of nitrogens with zero attached hydrogens (tertiary/aromatic N) is 4. The van der Waals surface area contributed by atoms with Crippen molar-refractivity contribution < 1.29 is 4.52 Å². The van der Waals surface area contributed by atoms with Gasteiger partial charge in [-0.3, -0.25) is 9.80 Å². The summed E-state index contributed by atoms with van der Waals surface area (Å²) in [5, 5.41) is 7.56. The molecule has 1 saturated heterocycles. The second kappa shape index (κ2) is 5.98. The van der Waals surface area contributed by atoms with Crippen molar-refractivity contribution in [1.29, 1.82) is 0 Å². The quantitative estimate of drug-likeness (QED) is 0.875. The number of likely N-dealkylation sites (N-methyl/N-ethyl adjacent to an activating group) is 1. The normalized spacial score (nSPS) is 23.2. The van der Waals surface area contributed by atoms with Crippen LogP contribution in [0.5, 0.6) is 0 Å². The van der Waals surface area contributed by atoms with Gasteiger partial charge in [0.2, 0.25) is 5.89 Å². The molecule has 1 fully saturated rings. The van der Waals surface area contributed by atoms with Crippen LogP contribution in [0.25, 0.3) is 0 Å². The molecule has 1 aromatic heterocycles. The van der Waals surface area contributed by atoms with E-state index in [9.17, 15) is 0 Å². The first-order chi connectivity index (χ1) is 9.00. The molecule has 0 aromatic carbocycles.